The van der Waals surface area contributed by atoms with Crippen LogP contribution in [0.4, 0.5) is 10.8 Å². The van der Waals surface area contributed by atoms with Crippen LogP contribution in [0.25, 0.3) is 0 Å². The first-order valence-electron chi connectivity index (χ1n) is 10.2. The summed E-state index contributed by atoms with van der Waals surface area (Å²) in [7, 11) is 0. The van der Waals surface area contributed by atoms with Crippen LogP contribution in [-0.2, 0) is 10.5 Å². The number of aryl methyl sites for hydroxylation is 2. The number of amides is 1. The van der Waals surface area contributed by atoms with Gasteiger partial charge in [-0.25, -0.2) is 4.98 Å². The summed E-state index contributed by atoms with van der Waals surface area (Å²) in [5.74, 6) is 2.10. The predicted molar refractivity (Wildman–Crippen MR) is 123 cm³/mol. The lowest BCUT2D eigenvalue weighted by Crippen LogP contribution is -2.23. The predicted octanol–water partition coefficient (Wildman–Crippen LogP) is 5.79. The highest BCUT2D eigenvalue weighted by molar-refractivity contribution is 7.98. The smallest absolute Gasteiger partial charge is 0.230 e. The topological polar surface area (TPSA) is 63.9 Å². The summed E-state index contributed by atoms with van der Waals surface area (Å²) in [5, 5.41) is 12.6. The van der Waals surface area contributed by atoms with Crippen molar-refractivity contribution in [3.05, 3.63) is 46.2 Å². The average Bonchev–Trinajstić information content (AvgIpc) is 3.25. The molecule has 1 aliphatic carbocycles. The van der Waals surface area contributed by atoms with Gasteiger partial charge in [-0.15, -0.1) is 21.5 Å². The van der Waals surface area contributed by atoms with Crippen LogP contribution in [-0.4, -0.2) is 25.7 Å². The summed E-state index contributed by atoms with van der Waals surface area (Å²) in [6, 6.07) is 6.66. The van der Waals surface area contributed by atoms with Gasteiger partial charge >= 0.3 is 0 Å². The molecule has 0 spiro atoms. The van der Waals surface area contributed by atoms with Gasteiger partial charge in [0, 0.05) is 30.0 Å². The lowest BCUT2D eigenvalue weighted by molar-refractivity contribution is -0.115. The van der Waals surface area contributed by atoms with Gasteiger partial charge in [-0.05, 0) is 38.3 Å². The summed E-state index contributed by atoms with van der Waals surface area (Å²) in [6.45, 7) is 9.99. The number of hydrogen-bond acceptors (Lipinski definition) is 6. The Bertz CT molecular complexity index is 1070. The average molecular weight is 442 g/mol. The first-order valence-corrected chi connectivity index (χ1v) is 12.1. The van der Waals surface area contributed by atoms with E-state index in [-0.39, 0.29) is 5.91 Å². The highest BCUT2D eigenvalue weighted by atomic mass is 32.2. The van der Waals surface area contributed by atoms with E-state index in [9.17, 15) is 4.79 Å². The summed E-state index contributed by atoms with van der Waals surface area (Å²) in [6.07, 6.45) is 2.41. The third-order valence-corrected chi connectivity index (χ3v) is 6.96. The first-order chi connectivity index (χ1) is 14.3. The molecule has 2 heterocycles. The molecule has 0 unspecified atom stereocenters. The molecule has 1 aromatic carbocycles. The van der Waals surface area contributed by atoms with Gasteiger partial charge in [0.2, 0.25) is 5.91 Å². The molecule has 8 heteroatoms. The molecule has 0 atom stereocenters. The van der Waals surface area contributed by atoms with Crippen LogP contribution in [0.5, 0.6) is 0 Å². The van der Waals surface area contributed by atoms with Crippen molar-refractivity contribution in [2.75, 3.05) is 4.90 Å². The standard InChI is InChI=1S/C22H27N5OS2/c1-13(2)20-24-25-22(27(20)18-7-8-18)30-12-17-11-29-21(23-17)26(16(5)28)19-9-6-14(3)10-15(19)4/h6,9-11,13,18H,7-8,12H2,1-5H3. The van der Waals surface area contributed by atoms with E-state index in [0.29, 0.717) is 22.8 Å². The van der Waals surface area contributed by atoms with Gasteiger partial charge in [0.1, 0.15) is 5.82 Å². The highest BCUT2D eigenvalue weighted by Crippen LogP contribution is 2.41. The fourth-order valence-corrected chi connectivity index (χ4v) is 5.41. The van der Waals surface area contributed by atoms with E-state index in [4.69, 9.17) is 4.98 Å². The third-order valence-electron chi connectivity index (χ3n) is 5.11. The van der Waals surface area contributed by atoms with E-state index in [1.165, 1.54) is 29.7 Å². The molecule has 1 aliphatic rings. The van der Waals surface area contributed by atoms with Gasteiger partial charge in [-0.1, -0.05) is 43.3 Å². The minimum absolute atomic E-state index is 0.0365. The number of rotatable bonds is 7. The lowest BCUT2D eigenvalue weighted by Gasteiger charge is -2.20. The van der Waals surface area contributed by atoms with Crippen molar-refractivity contribution in [3.63, 3.8) is 0 Å². The van der Waals surface area contributed by atoms with Gasteiger partial charge < -0.3 is 4.57 Å². The molecular weight excluding hydrogens is 414 g/mol. The summed E-state index contributed by atoms with van der Waals surface area (Å²) >= 11 is 3.17. The number of anilines is 2. The number of thiazole rings is 1. The van der Waals surface area contributed by atoms with Gasteiger partial charge in [-0.3, -0.25) is 9.69 Å². The number of hydrogen-bond donors (Lipinski definition) is 0. The number of aromatic nitrogens is 4. The highest BCUT2D eigenvalue weighted by Gasteiger charge is 2.30. The van der Waals surface area contributed by atoms with Crippen molar-refractivity contribution in [3.8, 4) is 0 Å². The lowest BCUT2D eigenvalue weighted by atomic mass is 10.1. The first kappa shape index (κ1) is 21.1. The fourth-order valence-electron chi connectivity index (χ4n) is 3.52. The van der Waals surface area contributed by atoms with Crippen LogP contribution >= 0.6 is 23.1 Å². The monoisotopic (exact) mass is 441 g/mol. The fraction of sp³-hybridized carbons (Fsp3) is 0.455. The number of benzene rings is 1. The Balaban J connectivity index is 1.53. The molecule has 2 aromatic heterocycles. The Hall–Kier alpha value is -2.19. The quantitative estimate of drug-likeness (QED) is 0.434. The molecule has 0 radical (unpaired) electrons. The number of carbonyl (C=O) groups is 1. The van der Waals surface area contributed by atoms with Crippen LogP contribution in [0.1, 0.15) is 68.2 Å². The van der Waals surface area contributed by atoms with Crippen molar-refractivity contribution in [1.82, 2.24) is 19.7 Å². The largest absolute Gasteiger partial charge is 0.303 e. The molecule has 1 saturated carbocycles. The molecule has 0 bridgehead atoms. The van der Waals surface area contributed by atoms with Crippen LogP contribution in [0.2, 0.25) is 0 Å². The van der Waals surface area contributed by atoms with Crippen molar-refractivity contribution in [2.45, 2.75) is 70.3 Å². The molecule has 3 aromatic rings. The van der Waals surface area contributed by atoms with Crippen LogP contribution < -0.4 is 4.90 Å². The minimum atomic E-state index is -0.0365. The second-order valence-corrected chi connectivity index (χ2v) is 9.93. The summed E-state index contributed by atoms with van der Waals surface area (Å²) < 4.78 is 2.31. The van der Waals surface area contributed by atoms with Crippen molar-refractivity contribution >= 4 is 39.8 Å². The van der Waals surface area contributed by atoms with E-state index in [2.05, 4.69) is 41.6 Å². The van der Waals surface area contributed by atoms with Gasteiger partial charge in [0.15, 0.2) is 10.3 Å². The van der Waals surface area contributed by atoms with E-state index >= 15 is 0 Å². The Labute approximate surface area is 185 Å². The molecule has 4 rings (SSSR count). The Morgan fingerprint density at radius 3 is 2.70 bits per heavy atom. The number of nitrogens with zero attached hydrogens (tertiary/aromatic N) is 5. The zero-order chi connectivity index (χ0) is 21.4. The van der Waals surface area contributed by atoms with Crippen molar-refractivity contribution < 1.29 is 4.79 Å². The zero-order valence-electron chi connectivity index (χ0n) is 18.0. The molecule has 1 amide bonds. The van der Waals surface area contributed by atoms with E-state index in [1.54, 1.807) is 23.6 Å². The van der Waals surface area contributed by atoms with E-state index in [1.807, 2.05) is 24.4 Å². The molecule has 0 aliphatic heterocycles. The Kier molecular flexibility index (Phi) is 5.97. The Morgan fingerprint density at radius 1 is 1.30 bits per heavy atom. The molecule has 0 N–H and O–H groups in total. The van der Waals surface area contributed by atoms with Gasteiger partial charge in [0.25, 0.3) is 0 Å². The van der Waals surface area contributed by atoms with Crippen molar-refractivity contribution in [1.29, 1.82) is 0 Å². The zero-order valence-corrected chi connectivity index (χ0v) is 19.7. The van der Waals surface area contributed by atoms with Crippen LogP contribution in [0.3, 0.4) is 0 Å². The summed E-state index contributed by atoms with van der Waals surface area (Å²) in [4.78, 5) is 18.9. The molecular formula is C22H27N5OS2. The minimum Gasteiger partial charge on any atom is -0.303 e. The second-order valence-electron chi connectivity index (χ2n) is 8.15. The van der Waals surface area contributed by atoms with Gasteiger partial charge in [0.05, 0.1) is 11.4 Å². The molecule has 158 valence electrons. The maximum atomic E-state index is 12.4. The molecule has 0 saturated heterocycles. The SMILES string of the molecule is CC(=O)N(c1nc(CSc2nnc(C(C)C)n2C2CC2)cs1)c1ccc(C)cc1C. The normalized spacial score (nSPS) is 13.8. The maximum Gasteiger partial charge on any atom is 0.230 e. The van der Waals surface area contributed by atoms with E-state index < -0.39 is 0 Å². The van der Waals surface area contributed by atoms with Gasteiger partial charge in [-0.2, -0.15) is 0 Å². The van der Waals surface area contributed by atoms with E-state index in [0.717, 1.165) is 27.9 Å². The summed E-state index contributed by atoms with van der Waals surface area (Å²) in [5.41, 5.74) is 4.08. The van der Waals surface area contributed by atoms with Crippen LogP contribution in [0.15, 0.2) is 28.7 Å². The second kappa shape index (κ2) is 8.51. The molecule has 1 fully saturated rings. The number of thioether (sulfide) groups is 1. The maximum absolute atomic E-state index is 12.4. The third kappa shape index (κ3) is 4.30. The van der Waals surface area contributed by atoms with Crippen LogP contribution in [0, 0.1) is 13.8 Å². The molecule has 30 heavy (non-hydrogen) atoms. The number of carbonyl (C=O) groups excluding carboxylic acids is 1. The molecule has 6 nitrogen and oxygen atoms in total. The van der Waals surface area contributed by atoms with Crippen molar-refractivity contribution in [2.24, 2.45) is 0 Å². The Morgan fingerprint density at radius 2 is 2.07 bits per heavy atom.